The number of para-hydroxylation sites is 1. The Bertz CT molecular complexity index is 1310. The lowest BCUT2D eigenvalue weighted by molar-refractivity contribution is 0.0915. The minimum atomic E-state index is -0.285. The molecule has 1 aliphatic heterocycles. The highest BCUT2D eigenvalue weighted by Crippen LogP contribution is 2.35. The van der Waals surface area contributed by atoms with E-state index >= 15 is 0 Å². The number of Topliss-reactive ketones (excluding diaryl/α,β-unsaturated/α-hetero) is 1. The number of benzene rings is 3. The molecule has 1 aliphatic rings. The van der Waals surface area contributed by atoms with Crippen molar-refractivity contribution in [3.05, 3.63) is 96.1 Å². The average Bonchev–Trinajstić information content (AvgIpc) is 3.36. The highest BCUT2D eigenvalue weighted by atomic mass is 16.5. The first-order chi connectivity index (χ1) is 17.2. The third-order valence-corrected chi connectivity index (χ3v) is 6.39. The van der Waals surface area contributed by atoms with E-state index in [2.05, 4.69) is 50.7 Å². The largest absolute Gasteiger partial charge is 0.493 e. The van der Waals surface area contributed by atoms with E-state index in [-0.39, 0.29) is 11.7 Å². The van der Waals surface area contributed by atoms with Gasteiger partial charge in [0.1, 0.15) is 0 Å². The zero-order valence-electron chi connectivity index (χ0n) is 19.8. The molecule has 7 heteroatoms. The molecule has 1 aromatic heterocycles. The van der Waals surface area contributed by atoms with E-state index in [0.29, 0.717) is 36.6 Å². The first kappa shape index (κ1) is 22.7. The summed E-state index contributed by atoms with van der Waals surface area (Å²) >= 11 is 0. The van der Waals surface area contributed by atoms with E-state index < -0.39 is 0 Å². The fraction of sp³-hybridized carbons (Fsp3) is 0.214. The maximum absolute atomic E-state index is 13.8. The molecule has 7 nitrogen and oxygen atoms in total. The second-order valence-electron chi connectivity index (χ2n) is 8.54. The number of hydrogen-bond acceptors (Lipinski definition) is 6. The summed E-state index contributed by atoms with van der Waals surface area (Å²) in [5.41, 5.74) is 9.43. The maximum Gasteiger partial charge on any atom is 0.171 e. The monoisotopic (exact) mass is 468 g/mol. The summed E-state index contributed by atoms with van der Waals surface area (Å²) in [4.78, 5) is 21.1. The third kappa shape index (κ3) is 4.63. The number of hydrazine groups is 1. The van der Waals surface area contributed by atoms with Gasteiger partial charge >= 0.3 is 0 Å². The highest BCUT2D eigenvalue weighted by molar-refractivity contribution is 6.01. The van der Waals surface area contributed by atoms with Crippen LogP contribution in [0.1, 0.15) is 21.6 Å². The number of rotatable bonds is 7. The van der Waals surface area contributed by atoms with Crippen LogP contribution >= 0.6 is 0 Å². The SMILES string of the molecule is COc1cccc(C(=O)C2CNN(Cc3cnc[nH]3)c3ccc(-c4ccccc4)cc3C2)c1OC. The van der Waals surface area contributed by atoms with Crippen molar-refractivity contribution in [1.82, 2.24) is 15.4 Å². The first-order valence-electron chi connectivity index (χ1n) is 11.6. The molecule has 0 bridgehead atoms. The van der Waals surface area contributed by atoms with E-state index in [4.69, 9.17) is 9.47 Å². The minimum absolute atomic E-state index is 0.0210. The van der Waals surface area contributed by atoms with Gasteiger partial charge in [-0.15, -0.1) is 0 Å². The Balaban J connectivity index is 1.53. The van der Waals surface area contributed by atoms with E-state index in [1.807, 2.05) is 30.5 Å². The van der Waals surface area contributed by atoms with Crippen molar-refractivity contribution in [3.63, 3.8) is 0 Å². The smallest absolute Gasteiger partial charge is 0.171 e. The summed E-state index contributed by atoms with van der Waals surface area (Å²) in [7, 11) is 3.14. The van der Waals surface area contributed by atoms with Gasteiger partial charge in [0.15, 0.2) is 17.3 Å². The Morgan fingerprint density at radius 2 is 1.89 bits per heavy atom. The van der Waals surface area contributed by atoms with Crippen LogP contribution in [0, 0.1) is 5.92 Å². The molecule has 2 N–H and O–H groups in total. The fourth-order valence-corrected chi connectivity index (χ4v) is 4.63. The number of carbonyl (C=O) groups excluding carboxylic acids is 1. The molecule has 0 spiro atoms. The minimum Gasteiger partial charge on any atom is -0.493 e. The van der Waals surface area contributed by atoms with Crippen LogP contribution in [0.15, 0.2) is 79.3 Å². The van der Waals surface area contributed by atoms with Crippen LogP contribution in [-0.4, -0.2) is 36.5 Å². The van der Waals surface area contributed by atoms with Gasteiger partial charge in [-0.1, -0.05) is 42.5 Å². The molecule has 4 aromatic rings. The van der Waals surface area contributed by atoms with Gasteiger partial charge in [-0.2, -0.15) is 0 Å². The number of anilines is 1. The molecular weight excluding hydrogens is 440 g/mol. The standard InChI is InChI=1S/C28H28N4O3/c1-34-26-10-6-9-24(28(26)35-2)27(33)22-14-21-13-20(19-7-4-3-5-8-19)11-12-25(21)32(31-15-22)17-23-16-29-18-30-23/h3-13,16,18,22,31H,14-15,17H2,1-2H3,(H,29,30). The number of imidazole rings is 1. The Hall–Kier alpha value is -4.10. The molecule has 1 unspecified atom stereocenters. The predicted molar refractivity (Wildman–Crippen MR) is 136 cm³/mol. The van der Waals surface area contributed by atoms with Crippen LogP contribution in [-0.2, 0) is 13.0 Å². The lowest BCUT2D eigenvalue weighted by atomic mass is 9.89. The molecule has 0 amide bonds. The van der Waals surface area contributed by atoms with Gasteiger partial charge in [0.25, 0.3) is 0 Å². The molecule has 0 fully saturated rings. The lowest BCUT2D eigenvalue weighted by Crippen LogP contribution is -2.40. The van der Waals surface area contributed by atoms with Crippen molar-refractivity contribution in [2.75, 3.05) is 25.8 Å². The zero-order valence-corrected chi connectivity index (χ0v) is 19.8. The summed E-state index contributed by atoms with van der Waals surface area (Å²) in [6.07, 6.45) is 4.09. The van der Waals surface area contributed by atoms with Crippen LogP contribution in [0.3, 0.4) is 0 Å². The molecule has 5 rings (SSSR count). The normalized spacial score (nSPS) is 15.3. The van der Waals surface area contributed by atoms with Crippen LogP contribution in [0.5, 0.6) is 11.5 Å². The third-order valence-electron chi connectivity index (χ3n) is 6.39. The molecule has 0 aliphatic carbocycles. The van der Waals surface area contributed by atoms with Gasteiger partial charge in [0.2, 0.25) is 0 Å². The average molecular weight is 469 g/mol. The second kappa shape index (κ2) is 10.0. The van der Waals surface area contributed by atoms with Crippen LogP contribution in [0.4, 0.5) is 5.69 Å². The number of H-pyrrole nitrogens is 1. The summed E-state index contributed by atoms with van der Waals surface area (Å²) in [6.45, 7) is 1.09. The number of hydrogen-bond donors (Lipinski definition) is 2. The number of ether oxygens (including phenoxy) is 2. The van der Waals surface area contributed by atoms with Gasteiger partial charge in [0.05, 0.1) is 44.0 Å². The molecule has 0 saturated carbocycles. The summed E-state index contributed by atoms with van der Waals surface area (Å²) in [5, 5.41) is 2.09. The van der Waals surface area contributed by atoms with Gasteiger partial charge in [-0.25, -0.2) is 10.4 Å². The Morgan fingerprint density at radius 3 is 2.63 bits per heavy atom. The van der Waals surface area contributed by atoms with Crippen molar-refractivity contribution >= 4 is 11.5 Å². The number of carbonyl (C=O) groups is 1. The Kier molecular flexibility index (Phi) is 6.50. The molecular formula is C28H28N4O3. The van der Waals surface area contributed by atoms with Crippen molar-refractivity contribution in [2.45, 2.75) is 13.0 Å². The quantitative estimate of drug-likeness (QED) is 0.384. The topological polar surface area (TPSA) is 79.5 Å². The zero-order chi connectivity index (χ0) is 24.2. The van der Waals surface area contributed by atoms with Gasteiger partial charge in [-0.05, 0) is 47.4 Å². The molecule has 178 valence electrons. The second-order valence-corrected chi connectivity index (χ2v) is 8.54. The molecule has 0 radical (unpaired) electrons. The van der Waals surface area contributed by atoms with E-state index in [1.54, 1.807) is 32.7 Å². The molecule has 2 heterocycles. The number of nitrogens with one attached hydrogen (secondary N) is 2. The number of aromatic nitrogens is 2. The maximum atomic E-state index is 13.8. The van der Waals surface area contributed by atoms with E-state index in [9.17, 15) is 4.79 Å². The fourth-order valence-electron chi connectivity index (χ4n) is 4.63. The lowest BCUT2D eigenvalue weighted by Gasteiger charge is -2.25. The molecule has 35 heavy (non-hydrogen) atoms. The Morgan fingerprint density at radius 1 is 1.03 bits per heavy atom. The van der Waals surface area contributed by atoms with Gasteiger partial charge in [-0.3, -0.25) is 4.79 Å². The highest BCUT2D eigenvalue weighted by Gasteiger charge is 2.30. The molecule has 1 atom stereocenters. The van der Waals surface area contributed by atoms with E-state index in [0.717, 1.165) is 28.1 Å². The molecule has 0 saturated heterocycles. The van der Waals surface area contributed by atoms with Crippen molar-refractivity contribution in [1.29, 1.82) is 0 Å². The van der Waals surface area contributed by atoms with Crippen LogP contribution < -0.4 is 19.9 Å². The van der Waals surface area contributed by atoms with Crippen molar-refractivity contribution in [3.8, 4) is 22.6 Å². The number of methoxy groups -OCH3 is 2. The first-order valence-corrected chi connectivity index (χ1v) is 11.6. The number of aromatic amines is 1. The predicted octanol–water partition coefficient (Wildman–Crippen LogP) is 4.66. The number of ketones is 1. The number of nitrogens with zero attached hydrogens (tertiary/aromatic N) is 2. The summed E-state index contributed by atoms with van der Waals surface area (Å²) < 4.78 is 11.0. The van der Waals surface area contributed by atoms with Crippen LogP contribution in [0.25, 0.3) is 11.1 Å². The van der Waals surface area contributed by atoms with E-state index in [1.165, 1.54) is 0 Å². The number of fused-ring (bicyclic) bond motifs is 1. The van der Waals surface area contributed by atoms with Crippen molar-refractivity contribution in [2.24, 2.45) is 5.92 Å². The van der Waals surface area contributed by atoms with Gasteiger partial charge in [0, 0.05) is 18.7 Å². The summed E-state index contributed by atoms with van der Waals surface area (Å²) in [5.74, 6) is 0.754. The Labute approximate surface area is 204 Å². The van der Waals surface area contributed by atoms with Gasteiger partial charge < -0.3 is 19.5 Å². The molecule has 3 aromatic carbocycles. The summed E-state index contributed by atoms with van der Waals surface area (Å²) in [6, 6.07) is 22.2. The van der Waals surface area contributed by atoms with Crippen molar-refractivity contribution < 1.29 is 14.3 Å². The van der Waals surface area contributed by atoms with Crippen LogP contribution in [0.2, 0.25) is 0 Å².